The zero-order valence-electron chi connectivity index (χ0n) is 10.6. The van der Waals surface area contributed by atoms with Crippen LogP contribution >= 0.6 is 0 Å². The fourth-order valence-electron chi connectivity index (χ4n) is 2.36. The van der Waals surface area contributed by atoms with Gasteiger partial charge in [0.25, 0.3) is 0 Å². The number of hydrogen-bond donors (Lipinski definition) is 4. The van der Waals surface area contributed by atoms with E-state index < -0.39 is 5.75 Å². The van der Waals surface area contributed by atoms with Crippen LogP contribution in [0.1, 0.15) is 12.0 Å². The van der Waals surface area contributed by atoms with Crippen molar-refractivity contribution in [2.75, 3.05) is 26.7 Å². The minimum absolute atomic E-state index is 0.244. The Morgan fingerprint density at radius 1 is 1.28 bits per heavy atom. The number of nitrogens with zero attached hydrogens (tertiary/aromatic N) is 1. The molecular formula is C13H20N2O3. The molecular weight excluding hydrogens is 232 g/mol. The van der Waals surface area contributed by atoms with Crippen LogP contribution in [0.3, 0.4) is 0 Å². The molecule has 1 fully saturated rings. The van der Waals surface area contributed by atoms with Crippen molar-refractivity contribution in [3.63, 3.8) is 0 Å². The maximum Gasteiger partial charge on any atom is 0.200 e. The largest absolute Gasteiger partial charge is 0.504 e. The van der Waals surface area contributed by atoms with Crippen molar-refractivity contribution in [2.45, 2.75) is 13.0 Å². The van der Waals surface area contributed by atoms with Crippen molar-refractivity contribution in [3.05, 3.63) is 17.7 Å². The van der Waals surface area contributed by atoms with Crippen molar-refractivity contribution in [3.8, 4) is 17.2 Å². The first-order valence-corrected chi connectivity index (χ1v) is 6.20. The van der Waals surface area contributed by atoms with Crippen LogP contribution in [0.5, 0.6) is 17.2 Å². The third kappa shape index (κ3) is 2.86. The number of rotatable bonds is 4. The second-order valence-electron chi connectivity index (χ2n) is 4.99. The van der Waals surface area contributed by atoms with Gasteiger partial charge in [0.05, 0.1) is 0 Å². The Balaban J connectivity index is 1.85. The van der Waals surface area contributed by atoms with E-state index in [4.69, 9.17) is 0 Å². The van der Waals surface area contributed by atoms with E-state index in [0.29, 0.717) is 18.0 Å². The molecule has 1 saturated heterocycles. The van der Waals surface area contributed by atoms with E-state index >= 15 is 0 Å². The summed E-state index contributed by atoms with van der Waals surface area (Å²) in [4.78, 5) is 2.30. The number of phenolic OH excluding ortho intramolecular Hbond substituents is 3. The molecule has 1 aliphatic rings. The molecule has 0 radical (unpaired) electrons. The predicted molar refractivity (Wildman–Crippen MR) is 68.7 cm³/mol. The normalized spacial score (nSPS) is 20.4. The molecule has 18 heavy (non-hydrogen) atoms. The van der Waals surface area contributed by atoms with Crippen LogP contribution in [0, 0.1) is 5.92 Å². The Kier molecular flexibility index (Phi) is 3.93. The molecule has 1 atom stereocenters. The molecule has 1 aliphatic heterocycles. The first kappa shape index (κ1) is 13.0. The molecule has 5 nitrogen and oxygen atoms in total. The van der Waals surface area contributed by atoms with Gasteiger partial charge in [-0.2, -0.15) is 0 Å². The maximum atomic E-state index is 9.65. The fraction of sp³-hybridized carbons (Fsp3) is 0.538. The lowest BCUT2D eigenvalue weighted by Gasteiger charge is -2.13. The summed E-state index contributed by atoms with van der Waals surface area (Å²) >= 11 is 0. The summed E-state index contributed by atoms with van der Waals surface area (Å²) in [5.41, 5.74) is 0.594. The highest BCUT2D eigenvalue weighted by Gasteiger charge is 2.19. The van der Waals surface area contributed by atoms with Crippen molar-refractivity contribution < 1.29 is 15.3 Å². The van der Waals surface area contributed by atoms with E-state index in [2.05, 4.69) is 17.3 Å². The molecule has 1 heterocycles. The number of hydrogen-bond acceptors (Lipinski definition) is 5. The minimum Gasteiger partial charge on any atom is -0.504 e. The predicted octanol–water partition coefficient (Wildman–Crippen LogP) is 0.845. The molecule has 4 N–H and O–H groups in total. The van der Waals surface area contributed by atoms with Crippen molar-refractivity contribution in [1.29, 1.82) is 0 Å². The van der Waals surface area contributed by atoms with Gasteiger partial charge in [0.1, 0.15) is 0 Å². The number of phenols is 3. The van der Waals surface area contributed by atoms with E-state index in [0.717, 1.165) is 19.6 Å². The quantitative estimate of drug-likeness (QED) is 0.598. The topological polar surface area (TPSA) is 76.0 Å². The average molecular weight is 252 g/mol. The molecule has 100 valence electrons. The van der Waals surface area contributed by atoms with Crippen LogP contribution in [0.25, 0.3) is 0 Å². The van der Waals surface area contributed by atoms with Gasteiger partial charge in [-0.3, -0.25) is 0 Å². The van der Waals surface area contributed by atoms with Gasteiger partial charge in [-0.25, -0.2) is 0 Å². The van der Waals surface area contributed by atoms with Gasteiger partial charge in [0.15, 0.2) is 11.5 Å². The maximum absolute atomic E-state index is 9.65. The van der Waals surface area contributed by atoms with E-state index in [1.54, 1.807) is 6.07 Å². The zero-order chi connectivity index (χ0) is 13.1. The Bertz CT molecular complexity index is 423. The molecule has 2 rings (SSSR count). The van der Waals surface area contributed by atoms with Crippen LogP contribution in [0.4, 0.5) is 0 Å². The zero-order valence-corrected chi connectivity index (χ0v) is 10.6. The number of nitrogens with one attached hydrogen (secondary N) is 1. The fourth-order valence-corrected chi connectivity index (χ4v) is 2.36. The van der Waals surface area contributed by atoms with Crippen LogP contribution in [0.2, 0.25) is 0 Å². The molecule has 0 aliphatic carbocycles. The van der Waals surface area contributed by atoms with Gasteiger partial charge in [-0.15, -0.1) is 0 Å². The second kappa shape index (κ2) is 5.46. The summed E-state index contributed by atoms with van der Waals surface area (Å²) < 4.78 is 0. The van der Waals surface area contributed by atoms with E-state index in [9.17, 15) is 15.3 Å². The van der Waals surface area contributed by atoms with Gasteiger partial charge in [0.2, 0.25) is 5.75 Å². The first-order chi connectivity index (χ1) is 8.58. The van der Waals surface area contributed by atoms with Gasteiger partial charge in [-0.05, 0) is 38.5 Å². The highest BCUT2D eigenvalue weighted by molar-refractivity contribution is 5.52. The van der Waals surface area contributed by atoms with Crippen molar-refractivity contribution >= 4 is 0 Å². The van der Waals surface area contributed by atoms with Gasteiger partial charge < -0.3 is 25.5 Å². The lowest BCUT2D eigenvalue weighted by molar-refractivity contribution is 0.362. The number of benzene rings is 1. The van der Waals surface area contributed by atoms with E-state index in [-0.39, 0.29) is 11.5 Å². The summed E-state index contributed by atoms with van der Waals surface area (Å²) in [5.74, 6) is -0.350. The summed E-state index contributed by atoms with van der Waals surface area (Å²) in [6.07, 6.45) is 1.19. The molecule has 1 aromatic rings. The average Bonchev–Trinajstić information content (AvgIpc) is 2.75. The van der Waals surface area contributed by atoms with E-state index in [1.807, 2.05) is 0 Å². The Morgan fingerprint density at radius 2 is 2.06 bits per heavy atom. The van der Waals surface area contributed by atoms with Gasteiger partial charge in [-0.1, -0.05) is 6.07 Å². The van der Waals surface area contributed by atoms with Gasteiger partial charge >= 0.3 is 0 Å². The van der Waals surface area contributed by atoms with Crippen LogP contribution in [0.15, 0.2) is 12.1 Å². The second-order valence-corrected chi connectivity index (χ2v) is 4.99. The molecule has 0 amide bonds. The highest BCUT2D eigenvalue weighted by Crippen LogP contribution is 2.36. The lowest BCUT2D eigenvalue weighted by Crippen LogP contribution is -2.24. The van der Waals surface area contributed by atoms with E-state index in [1.165, 1.54) is 12.5 Å². The summed E-state index contributed by atoms with van der Waals surface area (Å²) in [6, 6.07) is 2.99. The summed E-state index contributed by atoms with van der Waals surface area (Å²) in [7, 11) is 2.11. The molecule has 0 saturated carbocycles. The Hall–Kier alpha value is -1.46. The summed E-state index contributed by atoms with van der Waals surface area (Å²) in [6.45, 7) is 3.61. The smallest absolute Gasteiger partial charge is 0.200 e. The van der Waals surface area contributed by atoms with Gasteiger partial charge in [0, 0.05) is 18.7 Å². The molecule has 0 aromatic heterocycles. The molecule has 1 aromatic carbocycles. The van der Waals surface area contributed by atoms with Crippen LogP contribution in [-0.2, 0) is 6.54 Å². The van der Waals surface area contributed by atoms with Crippen molar-refractivity contribution in [2.24, 2.45) is 5.92 Å². The van der Waals surface area contributed by atoms with Crippen LogP contribution < -0.4 is 5.32 Å². The molecule has 5 heteroatoms. The Labute approximate surface area is 107 Å². The van der Waals surface area contributed by atoms with Crippen molar-refractivity contribution in [1.82, 2.24) is 10.2 Å². The molecule has 0 bridgehead atoms. The lowest BCUT2D eigenvalue weighted by atomic mass is 10.1. The first-order valence-electron chi connectivity index (χ1n) is 6.20. The number of aromatic hydroxyl groups is 3. The molecule has 0 spiro atoms. The minimum atomic E-state index is -0.449. The third-order valence-electron chi connectivity index (χ3n) is 3.45. The highest BCUT2D eigenvalue weighted by atomic mass is 16.3. The monoisotopic (exact) mass is 252 g/mol. The SMILES string of the molecule is CN1CCC(CNCc2ccc(O)c(O)c2O)C1. The Morgan fingerprint density at radius 3 is 2.72 bits per heavy atom. The summed E-state index contributed by atoms with van der Waals surface area (Å²) in [5, 5.41) is 31.5. The number of likely N-dealkylation sites (tertiary alicyclic amines) is 1. The van der Waals surface area contributed by atoms with Crippen LogP contribution in [-0.4, -0.2) is 46.9 Å². The third-order valence-corrected chi connectivity index (χ3v) is 3.45. The molecule has 1 unspecified atom stereocenters. The standard InChI is InChI=1S/C13H20N2O3/c1-15-5-4-9(8-15)6-14-7-10-2-3-11(16)13(18)12(10)17/h2-3,9,14,16-18H,4-8H2,1H3.